The van der Waals surface area contributed by atoms with Crippen LogP contribution < -0.4 is 5.43 Å². The second-order valence-electron chi connectivity index (χ2n) is 4.92. The van der Waals surface area contributed by atoms with Gasteiger partial charge in [0.2, 0.25) is 5.75 Å². The summed E-state index contributed by atoms with van der Waals surface area (Å²) in [4.78, 5) is 31.6. The molecule has 0 saturated carbocycles. The van der Waals surface area contributed by atoms with Crippen LogP contribution in [0, 0.1) is 37.4 Å². The van der Waals surface area contributed by atoms with Gasteiger partial charge in [-0.3, -0.25) is 25.0 Å². The number of hydrogen-bond donors (Lipinski definition) is 2. The molecule has 0 heterocycles. The zero-order chi connectivity index (χ0) is 20.1. The van der Waals surface area contributed by atoms with Gasteiger partial charge in [0, 0.05) is 6.07 Å². The summed E-state index contributed by atoms with van der Waals surface area (Å²) in [5, 5.41) is 43.5. The van der Waals surface area contributed by atoms with Crippen LogP contribution in [0.4, 0.5) is 15.8 Å². The topological polar surface area (TPSA) is 172 Å². The number of phenolic OH excluding ortho intramolecular Hbond substituents is 1. The predicted octanol–water partition coefficient (Wildman–Crippen LogP) is 1.98. The number of nitriles is 1. The Morgan fingerprint density at radius 3 is 2.52 bits per heavy atom. The lowest BCUT2D eigenvalue weighted by Crippen LogP contribution is -2.19. The average Bonchev–Trinajstić information content (AvgIpc) is 2.62. The summed E-state index contributed by atoms with van der Waals surface area (Å²) in [5.74, 6) is -2.88. The van der Waals surface area contributed by atoms with Crippen LogP contribution in [0.25, 0.3) is 0 Å². The molecule has 27 heavy (non-hydrogen) atoms. The molecule has 0 saturated heterocycles. The summed E-state index contributed by atoms with van der Waals surface area (Å²) in [7, 11) is 0. The number of amides is 1. The lowest BCUT2D eigenvalue weighted by atomic mass is 10.1. The molecule has 136 valence electrons. The summed E-state index contributed by atoms with van der Waals surface area (Å²) in [6, 6.07) is 6.16. The highest BCUT2D eigenvalue weighted by atomic mass is 19.1. The van der Waals surface area contributed by atoms with Crippen LogP contribution in [0.2, 0.25) is 0 Å². The first-order chi connectivity index (χ1) is 12.7. The van der Waals surface area contributed by atoms with Gasteiger partial charge in [-0.1, -0.05) is 0 Å². The molecule has 0 aliphatic rings. The van der Waals surface area contributed by atoms with Crippen LogP contribution >= 0.6 is 0 Å². The number of carbonyl (C=O) groups is 1. The van der Waals surface area contributed by atoms with Crippen LogP contribution in [0.3, 0.4) is 0 Å². The number of nitro groups is 2. The Labute approximate surface area is 149 Å². The molecule has 2 N–H and O–H groups in total. The van der Waals surface area contributed by atoms with E-state index in [1.807, 2.05) is 5.43 Å². The first kappa shape index (κ1) is 18.9. The minimum Gasteiger partial charge on any atom is -0.502 e. The molecule has 0 fully saturated rings. The largest absolute Gasteiger partial charge is 0.502 e. The smallest absolute Gasteiger partial charge is 0.318 e. The molecule has 0 radical (unpaired) electrons. The fourth-order valence-corrected chi connectivity index (χ4v) is 1.96. The van der Waals surface area contributed by atoms with Gasteiger partial charge in [0.05, 0.1) is 44.9 Å². The summed E-state index contributed by atoms with van der Waals surface area (Å²) >= 11 is 0. The van der Waals surface area contributed by atoms with Crippen LogP contribution in [-0.2, 0) is 0 Å². The van der Waals surface area contributed by atoms with E-state index in [0.717, 1.165) is 24.4 Å². The van der Waals surface area contributed by atoms with E-state index >= 15 is 0 Å². The van der Waals surface area contributed by atoms with Crippen LogP contribution in [-0.4, -0.2) is 27.1 Å². The van der Waals surface area contributed by atoms with E-state index in [1.165, 1.54) is 6.07 Å². The Morgan fingerprint density at radius 1 is 1.26 bits per heavy atom. The number of phenols is 1. The first-order valence-corrected chi connectivity index (χ1v) is 6.93. The molecule has 2 aromatic rings. The molecule has 2 aromatic carbocycles. The van der Waals surface area contributed by atoms with Crippen molar-refractivity contribution in [3.8, 4) is 11.8 Å². The van der Waals surface area contributed by atoms with E-state index in [0.29, 0.717) is 6.07 Å². The normalized spacial score (nSPS) is 10.4. The van der Waals surface area contributed by atoms with Gasteiger partial charge in [-0.25, -0.2) is 9.82 Å². The predicted molar refractivity (Wildman–Crippen MR) is 87.6 cm³/mol. The summed E-state index contributed by atoms with van der Waals surface area (Å²) in [5.41, 5.74) is -0.525. The zero-order valence-electron chi connectivity index (χ0n) is 13.1. The monoisotopic (exact) mass is 373 g/mol. The van der Waals surface area contributed by atoms with E-state index in [4.69, 9.17) is 5.26 Å². The quantitative estimate of drug-likeness (QED) is 0.458. The zero-order valence-corrected chi connectivity index (χ0v) is 13.1. The maximum Gasteiger partial charge on any atom is 0.318 e. The lowest BCUT2D eigenvalue weighted by molar-refractivity contribution is -0.394. The van der Waals surface area contributed by atoms with Crippen LogP contribution in [0.15, 0.2) is 35.4 Å². The summed E-state index contributed by atoms with van der Waals surface area (Å²) in [6.45, 7) is 0. The minimum absolute atomic E-state index is 0.00128. The minimum atomic E-state index is -1.02. The van der Waals surface area contributed by atoms with Gasteiger partial charge in [-0.15, -0.1) is 0 Å². The molecule has 0 aliphatic carbocycles. The van der Waals surface area contributed by atoms with Crippen molar-refractivity contribution < 1.29 is 24.1 Å². The van der Waals surface area contributed by atoms with E-state index in [2.05, 4.69) is 5.10 Å². The van der Waals surface area contributed by atoms with Gasteiger partial charge in [0.25, 0.3) is 11.6 Å². The second-order valence-corrected chi connectivity index (χ2v) is 4.92. The molecule has 2 rings (SSSR count). The number of carbonyl (C=O) groups excluding carboxylic acids is 1. The van der Waals surface area contributed by atoms with Crippen LogP contribution in [0.1, 0.15) is 21.5 Å². The van der Waals surface area contributed by atoms with Gasteiger partial charge in [0.15, 0.2) is 0 Å². The fourth-order valence-electron chi connectivity index (χ4n) is 1.96. The Morgan fingerprint density at radius 2 is 1.96 bits per heavy atom. The fraction of sp³-hybridized carbons (Fsp3) is 0. The Bertz CT molecular complexity index is 1030. The number of hydrogen-bond acceptors (Lipinski definition) is 8. The molecule has 0 spiro atoms. The van der Waals surface area contributed by atoms with Gasteiger partial charge in [-0.05, 0) is 18.2 Å². The number of non-ortho nitro benzene ring substituents is 1. The highest BCUT2D eigenvalue weighted by Gasteiger charge is 2.23. The number of nitrogens with one attached hydrogen (secondary N) is 1. The Hall–Kier alpha value is -4.40. The van der Waals surface area contributed by atoms with Gasteiger partial charge in [-0.2, -0.15) is 10.4 Å². The van der Waals surface area contributed by atoms with Gasteiger partial charge in [0.1, 0.15) is 5.82 Å². The molecule has 0 atom stereocenters. The molecule has 1 amide bonds. The highest BCUT2D eigenvalue weighted by molar-refractivity contribution is 5.95. The van der Waals surface area contributed by atoms with Crippen LogP contribution in [0.5, 0.6) is 5.75 Å². The van der Waals surface area contributed by atoms with Crippen molar-refractivity contribution >= 4 is 23.5 Å². The van der Waals surface area contributed by atoms with Gasteiger partial charge < -0.3 is 5.11 Å². The third kappa shape index (κ3) is 4.17. The number of rotatable bonds is 5. The maximum atomic E-state index is 13.7. The Kier molecular flexibility index (Phi) is 5.37. The van der Waals surface area contributed by atoms with E-state index in [1.54, 1.807) is 6.07 Å². The van der Waals surface area contributed by atoms with Crippen molar-refractivity contribution in [2.75, 3.05) is 0 Å². The SMILES string of the molecule is N#Cc1ccc(C(=O)N/N=C\c2cc([N+](=O)[O-])cc([N+](=O)[O-])c2O)c(F)c1. The number of aromatic hydroxyl groups is 1. The van der Waals surface area contributed by atoms with Crippen molar-refractivity contribution in [1.29, 1.82) is 5.26 Å². The highest BCUT2D eigenvalue weighted by Crippen LogP contribution is 2.33. The molecular weight excluding hydrogens is 365 g/mol. The van der Waals surface area contributed by atoms with Crippen molar-refractivity contribution in [3.05, 3.63) is 73.1 Å². The number of halogens is 1. The molecule has 0 unspecified atom stereocenters. The van der Waals surface area contributed by atoms with Crippen molar-refractivity contribution in [3.63, 3.8) is 0 Å². The average molecular weight is 373 g/mol. The lowest BCUT2D eigenvalue weighted by Gasteiger charge is -2.03. The van der Waals surface area contributed by atoms with E-state index in [-0.39, 0.29) is 5.56 Å². The molecule has 11 nitrogen and oxygen atoms in total. The summed E-state index contributed by atoms with van der Waals surface area (Å²) in [6.07, 6.45) is 0.731. The third-order valence-electron chi connectivity index (χ3n) is 3.22. The Balaban J connectivity index is 2.28. The van der Waals surface area contributed by atoms with E-state index in [9.17, 15) is 34.5 Å². The molecule has 0 bridgehead atoms. The summed E-state index contributed by atoms with van der Waals surface area (Å²) < 4.78 is 13.7. The van der Waals surface area contributed by atoms with Gasteiger partial charge >= 0.3 is 5.69 Å². The first-order valence-electron chi connectivity index (χ1n) is 6.93. The maximum absolute atomic E-state index is 13.7. The molecular formula is C15H8FN5O6. The molecule has 0 aliphatic heterocycles. The number of benzene rings is 2. The number of hydrazone groups is 1. The molecule has 0 aromatic heterocycles. The van der Waals surface area contributed by atoms with Crippen molar-refractivity contribution in [1.82, 2.24) is 5.43 Å². The van der Waals surface area contributed by atoms with Crippen molar-refractivity contribution in [2.45, 2.75) is 0 Å². The van der Waals surface area contributed by atoms with Crippen molar-refractivity contribution in [2.24, 2.45) is 5.10 Å². The standard InChI is InChI=1S/C15H8FN5O6/c16-12-3-8(6-17)1-2-11(12)15(23)19-18-7-9-4-10(20(24)25)5-13(14(9)22)21(26)27/h1-5,7,22H,(H,19,23)/b18-7-. The number of nitro benzene ring substituents is 2. The second kappa shape index (κ2) is 7.66. The third-order valence-corrected chi connectivity index (χ3v) is 3.22. The number of nitrogens with zero attached hydrogens (tertiary/aromatic N) is 4. The van der Waals surface area contributed by atoms with E-state index < -0.39 is 49.8 Å². The molecule has 12 heteroatoms.